The molecule has 0 fully saturated rings. The molecule has 7 heteroatoms. The van der Waals surface area contributed by atoms with Crippen molar-refractivity contribution in [3.63, 3.8) is 0 Å². The Morgan fingerprint density at radius 2 is 1.79 bits per heavy atom. The molecule has 28 heavy (non-hydrogen) atoms. The summed E-state index contributed by atoms with van der Waals surface area (Å²) in [6.07, 6.45) is 1.08. The fourth-order valence-corrected chi connectivity index (χ4v) is 4.26. The van der Waals surface area contributed by atoms with Gasteiger partial charge in [0.1, 0.15) is 11.6 Å². The van der Waals surface area contributed by atoms with E-state index in [9.17, 15) is 14.4 Å². The summed E-state index contributed by atoms with van der Waals surface area (Å²) in [4.78, 5) is 40.4. The van der Waals surface area contributed by atoms with E-state index in [1.807, 2.05) is 38.1 Å². The Labute approximate surface area is 162 Å². The SMILES string of the molecule is COc1ccc([C@@H]2C3=C(CC(C)(C)CC3=O)Nc3c2c(=O)[nH]c(=O)n3C)cc1. The van der Waals surface area contributed by atoms with Crippen LogP contribution in [-0.2, 0) is 11.8 Å². The minimum absolute atomic E-state index is 0.0264. The molecule has 2 aliphatic rings. The predicted octanol–water partition coefficient (Wildman–Crippen LogP) is 2.28. The molecular weight excluding hydrogens is 358 g/mol. The molecule has 0 radical (unpaired) electrons. The second kappa shape index (κ2) is 6.22. The zero-order valence-corrected chi connectivity index (χ0v) is 16.4. The van der Waals surface area contributed by atoms with Crippen LogP contribution in [0.5, 0.6) is 5.75 Å². The average Bonchev–Trinajstić information content (AvgIpc) is 2.63. The van der Waals surface area contributed by atoms with Gasteiger partial charge in [0.05, 0.1) is 12.7 Å². The van der Waals surface area contributed by atoms with Gasteiger partial charge < -0.3 is 10.1 Å². The first-order valence-electron chi connectivity index (χ1n) is 9.22. The average molecular weight is 381 g/mol. The van der Waals surface area contributed by atoms with Gasteiger partial charge in [-0.05, 0) is 29.5 Å². The summed E-state index contributed by atoms with van der Waals surface area (Å²) in [6.45, 7) is 4.09. The van der Waals surface area contributed by atoms with Gasteiger partial charge in [-0.2, -0.15) is 0 Å². The molecule has 2 aromatic rings. The number of anilines is 1. The third-order valence-electron chi connectivity index (χ3n) is 5.58. The Bertz CT molecular complexity index is 1120. The molecule has 1 aromatic heterocycles. The molecule has 0 saturated carbocycles. The number of nitrogens with zero attached hydrogens (tertiary/aromatic N) is 1. The van der Waals surface area contributed by atoms with E-state index in [2.05, 4.69) is 10.3 Å². The standard InChI is InChI=1S/C21H23N3O4/c1-21(2)9-13-16(14(25)10-21)15(11-5-7-12(28-4)8-6-11)17-18(22-13)24(3)20(27)23-19(17)26/h5-8,15,22H,9-10H2,1-4H3,(H,23,26,27)/t15-/m1/s1. The third kappa shape index (κ3) is 2.78. The van der Waals surface area contributed by atoms with Crippen molar-refractivity contribution in [3.05, 3.63) is 67.5 Å². The van der Waals surface area contributed by atoms with Gasteiger partial charge in [-0.15, -0.1) is 0 Å². The quantitative estimate of drug-likeness (QED) is 0.833. The first-order chi connectivity index (χ1) is 13.2. The molecule has 1 aliphatic heterocycles. The van der Waals surface area contributed by atoms with Crippen LogP contribution >= 0.6 is 0 Å². The highest BCUT2D eigenvalue weighted by atomic mass is 16.5. The maximum Gasteiger partial charge on any atom is 0.329 e. The number of fused-ring (bicyclic) bond motifs is 1. The van der Waals surface area contributed by atoms with E-state index in [1.54, 1.807) is 14.2 Å². The lowest BCUT2D eigenvalue weighted by Crippen LogP contribution is -2.41. The monoisotopic (exact) mass is 381 g/mol. The molecule has 146 valence electrons. The molecule has 0 spiro atoms. The molecule has 7 nitrogen and oxygen atoms in total. The number of aromatic amines is 1. The number of ether oxygens (including phenoxy) is 1. The summed E-state index contributed by atoms with van der Waals surface area (Å²) in [5.74, 6) is 0.631. The largest absolute Gasteiger partial charge is 0.497 e. The van der Waals surface area contributed by atoms with Gasteiger partial charge in [0.25, 0.3) is 5.56 Å². The fraction of sp³-hybridized carbons (Fsp3) is 0.381. The highest BCUT2D eigenvalue weighted by molar-refractivity contribution is 6.01. The summed E-state index contributed by atoms with van der Waals surface area (Å²) in [5, 5.41) is 3.23. The Balaban J connectivity index is 2.01. The number of rotatable bonds is 2. The Morgan fingerprint density at radius 1 is 1.11 bits per heavy atom. The van der Waals surface area contributed by atoms with Crippen LogP contribution in [0.25, 0.3) is 0 Å². The van der Waals surface area contributed by atoms with Gasteiger partial charge in [0.2, 0.25) is 0 Å². The van der Waals surface area contributed by atoms with Gasteiger partial charge in [-0.3, -0.25) is 19.1 Å². The number of nitrogens with one attached hydrogen (secondary N) is 2. The normalized spacial score (nSPS) is 20.3. The van der Waals surface area contributed by atoms with Crippen LogP contribution in [-0.4, -0.2) is 22.4 Å². The minimum Gasteiger partial charge on any atom is -0.497 e. The van der Waals surface area contributed by atoms with Crippen LogP contribution in [0.1, 0.15) is 43.7 Å². The van der Waals surface area contributed by atoms with E-state index in [0.29, 0.717) is 35.5 Å². The number of methoxy groups -OCH3 is 1. The number of ketones is 1. The fourth-order valence-electron chi connectivity index (χ4n) is 4.26. The molecule has 0 unspecified atom stereocenters. The molecule has 2 N–H and O–H groups in total. The van der Waals surface area contributed by atoms with Crippen LogP contribution in [0.3, 0.4) is 0 Å². The molecule has 1 atom stereocenters. The number of carbonyl (C=O) groups is 1. The van der Waals surface area contributed by atoms with Gasteiger partial charge >= 0.3 is 5.69 Å². The lowest BCUT2D eigenvalue weighted by molar-refractivity contribution is -0.118. The Morgan fingerprint density at radius 3 is 2.43 bits per heavy atom. The summed E-state index contributed by atoms with van der Waals surface area (Å²) in [7, 11) is 3.19. The zero-order valence-electron chi connectivity index (χ0n) is 16.4. The van der Waals surface area contributed by atoms with E-state index in [0.717, 1.165) is 11.3 Å². The summed E-state index contributed by atoms with van der Waals surface area (Å²) >= 11 is 0. The van der Waals surface area contributed by atoms with Crippen molar-refractivity contribution in [1.29, 1.82) is 0 Å². The first kappa shape index (κ1) is 18.3. The van der Waals surface area contributed by atoms with Crippen LogP contribution in [0.4, 0.5) is 5.82 Å². The van der Waals surface area contributed by atoms with Crippen molar-refractivity contribution in [2.45, 2.75) is 32.6 Å². The molecular formula is C21H23N3O4. The third-order valence-corrected chi connectivity index (χ3v) is 5.58. The van der Waals surface area contributed by atoms with E-state index in [1.165, 1.54) is 4.57 Å². The van der Waals surface area contributed by atoms with Crippen molar-refractivity contribution in [2.24, 2.45) is 12.5 Å². The smallest absolute Gasteiger partial charge is 0.329 e. The highest BCUT2D eigenvalue weighted by Gasteiger charge is 2.42. The van der Waals surface area contributed by atoms with E-state index >= 15 is 0 Å². The Kier molecular flexibility index (Phi) is 4.06. The van der Waals surface area contributed by atoms with Gasteiger partial charge in [-0.25, -0.2) is 4.79 Å². The van der Waals surface area contributed by atoms with Crippen LogP contribution < -0.4 is 21.3 Å². The number of carbonyl (C=O) groups excluding carboxylic acids is 1. The zero-order chi connectivity index (χ0) is 20.2. The molecule has 1 aromatic carbocycles. The minimum atomic E-state index is -0.531. The number of allylic oxidation sites excluding steroid dienone is 2. The van der Waals surface area contributed by atoms with Crippen LogP contribution in [0.2, 0.25) is 0 Å². The number of H-pyrrole nitrogens is 1. The Hall–Kier alpha value is -3.09. The van der Waals surface area contributed by atoms with E-state index < -0.39 is 17.2 Å². The number of aromatic nitrogens is 2. The first-order valence-corrected chi connectivity index (χ1v) is 9.22. The molecule has 0 bridgehead atoms. The van der Waals surface area contributed by atoms with Gasteiger partial charge in [0, 0.05) is 30.7 Å². The van der Waals surface area contributed by atoms with Crippen molar-refractivity contribution in [2.75, 3.05) is 12.4 Å². The molecule has 0 amide bonds. The summed E-state index contributed by atoms with van der Waals surface area (Å²) < 4.78 is 6.63. The second-order valence-corrected chi connectivity index (χ2v) is 8.24. The summed E-state index contributed by atoms with van der Waals surface area (Å²) in [6, 6.07) is 7.34. The van der Waals surface area contributed by atoms with E-state index in [4.69, 9.17) is 4.74 Å². The summed E-state index contributed by atoms with van der Waals surface area (Å²) in [5.41, 5.74) is 1.44. The predicted molar refractivity (Wildman–Crippen MR) is 106 cm³/mol. The number of benzene rings is 1. The lowest BCUT2D eigenvalue weighted by atomic mass is 9.69. The molecule has 4 rings (SSSR count). The maximum absolute atomic E-state index is 13.1. The van der Waals surface area contributed by atoms with Crippen LogP contribution in [0, 0.1) is 5.41 Å². The van der Waals surface area contributed by atoms with Crippen molar-refractivity contribution < 1.29 is 9.53 Å². The highest BCUT2D eigenvalue weighted by Crippen LogP contribution is 2.47. The number of hydrogen-bond acceptors (Lipinski definition) is 5. The topological polar surface area (TPSA) is 93.2 Å². The van der Waals surface area contributed by atoms with Crippen LogP contribution in [0.15, 0.2) is 45.1 Å². The van der Waals surface area contributed by atoms with Crippen molar-refractivity contribution in [1.82, 2.24) is 9.55 Å². The molecule has 1 aliphatic carbocycles. The van der Waals surface area contributed by atoms with E-state index in [-0.39, 0.29) is 11.2 Å². The number of Topliss-reactive ketones (excluding diaryl/α,β-unsaturated/α-hetero) is 1. The lowest BCUT2D eigenvalue weighted by Gasteiger charge is -2.39. The molecule has 0 saturated heterocycles. The van der Waals surface area contributed by atoms with Crippen molar-refractivity contribution >= 4 is 11.6 Å². The van der Waals surface area contributed by atoms with Gasteiger partial charge in [-0.1, -0.05) is 26.0 Å². The second-order valence-electron chi connectivity index (χ2n) is 8.24. The molecule has 2 heterocycles. The van der Waals surface area contributed by atoms with Gasteiger partial charge in [0.15, 0.2) is 5.78 Å². The number of hydrogen-bond donors (Lipinski definition) is 2. The maximum atomic E-state index is 13.1. The van der Waals surface area contributed by atoms with Crippen molar-refractivity contribution in [3.8, 4) is 5.75 Å².